The SMILES string of the molecule is N#Cc1cccc(-c2cccc(-c3ccc(-c4nc(-c5ccccc5)nc(-c5ccc6c(c5)oc5cccc(-c7cccc(-c8ccccc8)c7)c56)n4)cc3)c2)c1. The summed E-state index contributed by atoms with van der Waals surface area (Å²) in [7, 11) is 0. The van der Waals surface area contributed by atoms with Gasteiger partial charge in [-0.25, -0.2) is 15.0 Å². The van der Waals surface area contributed by atoms with Crippen LogP contribution >= 0.6 is 0 Å². The third kappa shape index (κ3) is 6.52. The lowest BCUT2D eigenvalue weighted by molar-refractivity contribution is 0.669. The molecule has 0 fully saturated rings. The van der Waals surface area contributed by atoms with Crippen LogP contribution in [-0.4, -0.2) is 15.0 Å². The Bertz CT molecular complexity index is 3130. The average molecular weight is 729 g/mol. The smallest absolute Gasteiger partial charge is 0.164 e. The van der Waals surface area contributed by atoms with Crippen LogP contribution in [0.2, 0.25) is 0 Å². The number of hydrogen-bond donors (Lipinski definition) is 0. The molecule has 0 aliphatic carbocycles. The van der Waals surface area contributed by atoms with E-state index in [2.05, 4.69) is 121 Å². The fourth-order valence-corrected chi connectivity index (χ4v) is 7.51. The fraction of sp³-hybridized carbons (Fsp3) is 0. The minimum Gasteiger partial charge on any atom is -0.456 e. The molecular weight excluding hydrogens is 697 g/mol. The largest absolute Gasteiger partial charge is 0.456 e. The van der Waals surface area contributed by atoms with Crippen LogP contribution in [0.25, 0.3) is 101 Å². The zero-order chi connectivity index (χ0) is 38.1. The number of nitriles is 1. The van der Waals surface area contributed by atoms with Gasteiger partial charge in [-0.05, 0) is 87.0 Å². The Labute approximate surface area is 329 Å². The Kier molecular flexibility index (Phi) is 8.48. The summed E-state index contributed by atoms with van der Waals surface area (Å²) in [4.78, 5) is 15.0. The molecule has 0 aliphatic rings. The standard InChI is InChI=1S/C52H32N4O/c53-33-34-11-7-16-39(29-34)42-19-8-17-40(30-42)36-23-25-38(26-24-36)51-54-50(37-14-5-2-6-15-37)55-52(56-51)44-27-28-46-48(32-44)57-47-22-10-21-45(49(46)47)43-20-9-18-41(31-43)35-12-3-1-4-13-35/h1-32H. The molecule has 10 rings (SSSR count). The van der Waals surface area contributed by atoms with Gasteiger partial charge in [0, 0.05) is 27.5 Å². The molecule has 0 atom stereocenters. The first-order chi connectivity index (χ1) is 28.2. The molecule has 2 heterocycles. The molecule has 8 aromatic carbocycles. The maximum Gasteiger partial charge on any atom is 0.164 e. The maximum atomic E-state index is 9.41. The van der Waals surface area contributed by atoms with Crippen molar-refractivity contribution in [2.45, 2.75) is 0 Å². The molecule has 0 radical (unpaired) electrons. The molecule has 57 heavy (non-hydrogen) atoms. The molecule has 0 saturated carbocycles. The number of benzene rings is 8. The van der Waals surface area contributed by atoms with E-state index < -0.39 is 0 Å². The van der Waals surface area contributed by atoms with E-state index >= 15 is 0 Å². The highest BCUT2D eigenvalue weighted by Crippen LogP contribution is 2.39. The van der Waals surface area contributed by atoms with Gasteiger partial charge in [0.2, 0.25) is 0 Å². The number of fused-ring (bicyclic) bond motifs is 3. The van der Waals surface area contributed by atoms with Crippen LogP contribution in [0.5, 0.6) is 0 Å². The summed E-state index contributed by atoms with van der Waals surface area (Å²) in [6, 6.07) is 68.2. The average Bonchev–Trinajstić information content (AvgIpc) is 3.68. The summed E-state index contributed by atoms with van der Waals surface area (Å²) in [6.07, 6.45) is 0. The monoisotopic (exact) mass is 728 g/mol. The van der Waals surface area contributed by atoms with Crippen molar-refractivity contribution in [3.8, 4) is 84.7 Å². The molecule has 5 heteroatoms. The van der Waals surface area contributed by atoms with Crippen molar-refractivity contribution >= 4 is 21.9 Å². The Balaban J connectivity index is 1.03. The molecule has 0 bridgehead atoms. The van der Waals surface area contributed by atoms with Crippen molar-refractivity contribution in [3.63, 3.8) is 0 Å². The predicted molar refractivity (Wildman–Crippen MR) is 230 cm³/mol. The van der Waals surface area contributed by atoms with Crippen molar-refractivity contribution in [2.24, 2.45) is 0 Å². The van der Waals surface area contributed by atoms with Gasteiger partial charge in [0.1, 0.15) is 11.2 Å². The van der Waals surface area contributed by atoms with Gasteiger partial charge < -0.3 is 4.42 Å². The fourth-order valence-electron chi connectivity index (χ4n) is 7.51. The summed E-state index contributed by atoms with van der Waals surface area (Å²) in [5, 5.41) is 11.5. The molecule has 266 valence electrons. The second kappa shape index (κ2) is 14.4. The summed E-state index contributed by atoms with van der Waals surface area (Å²) in [5.41, 5.74) is 13.7. The van der Waals surface area contributed by atoms with Gasteiger partial charge in [-0.15, -0.1) is 0 Å². The van der Waals surface area contributed by atoms with Crippen LogP contribution in [0.4, 0.5) is 0 Å². The Morgan fingerprint density at radius 3 is 1.51 bits per heavy atom. The minimum absolute atomic E-state index is 0.563. The molecule has 5 nitrogen and oxygen atoms in total. The molecule has 0 amide bonds. The number of furan rings is 1. The summed E-state index contributed by atoms with van der Waals surface area (Å²) in [6.45, 7) is 0. The molecule has 0 spiro atoms. The first kappa shape index (κ1) is 33.6. The van der Waals surface area contributed by atoms with Crippen LogP contribution in [0, 0.1) is 11.3 Å². The lowest BCUT2D eigenvalue weighted by Gasteiger charge is -2.10. The molecular formula is C52H32N4O. The predicted octanol–water partition coefficient (Wildman–Crippen LogP) is 13.3. The van der Waals surface area contributed by atoms with E-state index in [1.807, 2.05) is 78.9 Å². The van der Waals surface area contributed by atoms with Gasteiger partial charge in [0.25, 0.3) is 0 Å². The van der Waals surface area contributed by atoms with Crippen molar-refractivity contribution < 1.29 is 4.42 Å². The second-order valence-corrected chi connectivity index (χ2v) is 14.0. The van der Waals surface area contributed by atoms with E-state index in [0.717, 1.165) is 72.0 Å². The lowest BCUT2D eigenvalue weighted by atomic mass is 9.96. The van der Waals surface area contributed by atoms with E-state index in [1.54, 1.807) is 0 Å². The van der Waals surface area contributed by atoms with Crippen molar-refractivity contribution in [1.29, 1.82) is 5.26 Å². The minimum atomic E-state index is 0.563. The molecule has 0 N–H and O–H groups in total. The highest BCUT2D eigenvalue weighted by Gasteiger charge is 2.17. The zero-order valence-corrected chi connectivity index (χ0v) is 30.7. The first-order valence-electron chi connectivity index (χ1n) is 18.8. The van der Waals surface area contributed by atoms with E-state index in [0.29, 0.717) is 23.0 Å². The number of aromatic nitrogens is 3. The van der Waals surface area contributed by atoms with Gasteiger partial charge >= 0.3 is 0 Å². The summed E-state index contributed by atoms with van der Waals surface area (Å²) < 4.78 is 6.54. The van der Waals surface area contributed by atoms with Gasteiger partial charge in [-0.1, -0.05) is 152 Å². The van der Waals surface area contributed by atoms with Crippen molar-refractivity contribution in [1.82, 2.24) is 15.0 Å². The van der Waals surface area contributed by atoms with Gasteiger partial charge in [0.15, 0.2) is 17.5 Å². The normalized spacial score (nSPS) is 11.1. The maximum absolute atomic E-state index is 9.41. The van der Waals surface area contributed by atoms with E-state index in [1.165, 1.54) is 11.1 Å². The van der Waals surface area contributed by atoms with Crippen molar-refractivity contribution in [2.75, 3.05) is 0 Å². The number of rotatable bonds is 7. The summed E-state index contributed by atoms with van der Waals surface area (Å²) >= 11 is 0. The molecule has 0 aliphatic heterocycles. The quantitative estimate of drug-likeness (QED) is 0.163. The number of nitrogens with zero attached hydrogens (tertiary/aromatic N) is 4. The first-order valence-corrected chi connectivity index (χ1v) is 18.8. The van der Waals surface area contributed by atoms with E-state index in [9.17, 15) is 5.26 Å². The van der Waals surface area contributed by atoms with Crippen LogP contribution in [0.1, 0.15) is 5.56 Å². The zero-order valence-electron chi connectivity index (χ0n) is 30.7. The lowest BCUT2D eigenvalue weighted by Crippen LogP contribution is -2.00. The Morgan fingerprint density at radius 1 is 0.351 bits per heavy atom. The Morgan fingerprint density at radius 2 is 0.825 bits per heavy atom. The second-order valence-electron chi connectivity index (χ2n) is 14.0. The van der Waals surface area contributed by atoms with Crippen LogP contribution < -0.4 is 0 Å². The van der Waals surface area contributed by atoms with Crippen LogP contribution in [0.3, 0.4) is 0 Å². The Hall–Kier alpha value is -7.94. The number of hydrogen-bond acceptors (Lipinski definition) is 5. The van der Waals surface area contributed by atoms with E-state index in [4.69, 9.17) is 19.4 Å². The highest BCUT2D eigenvalue weighted by molar-refractivity contribution is 6.13. The van der Waals surface area contributed by atoms with Crippen LogP contribution in [0.15, 0.2) is 199 Å². The molecule has 0 unspecified atom stereocenters. The topological polar surface area (TPSA) is 75.6 Å². The molecule has 10 aromatic rings. The van der Waals surface area contributed by atoms with Gasteiger partial charge in [-0.2, -0.15) is 5.26 Å². The molecule has 2 aromatic heterocycles. The molecule has 0 saturated heterocycles. The van der Waals surface area contributed by atoms with E-state index in [-0.39, 0.29) is 0 Å². The van der Waals surface area contributed by atoms with Crippen LogP contribution in [-0.2, 0) is 0 Å². The third-order valence-electron chi connectivity index (χ3n) is 10.4. The summed E-state index contributed by atoms with van der Waals surface area (Å²) in [5.74, 6) is 1.74. The third-order valence-corrected chi connectivity index (χ3v) is 10.4. The van der Waals surface area contributed by atoms with Crippen molar-refractivity contribution in [3.05, 3.63) is 200 Å². The highest BCUT2D eigenvalue weighted by atomic mass is 16.3. The van der Waals surface area contributed by atoms with Gasteiger partial charge in [-0.3, -0.25) is 0 Å². The van der Waals surface area contributed by atoms with Gasteiger partial charge in [0.05, 0.1) is 11.6 Å².